The van der Waals surface area contributed by atoms with E-state index in [0.29, 0.717) is 19.5 Å². The summed E-state index contributed by atoms with van der Waals surface area (Å²) in [7, 11) is -3.18. The first-order chi connectivity index (χ1) is 9.86. The summed E-state index contributed by atoms with van der Waals surface area (Å²) >= 11 is 0. The van der Waals surface area contributed by atoms with Gasteiger partial charge in [0.05, 0.1) is 12.7 Å². The van der Waals surface area contributed by atoms with Crippen molar-refractivity contribution in [1.29, 1.82) is 0 Å². The molecule has 0 aromatic heterocycles. The van der Waals surface area contributed by atoms with Gasteiger partial charge in [-0.25, -0.2) is 8.42 Å². The summed E-state index contributed by atoms with van der Waals surface area (Å²) in [5.41, 5.74) is 2.10. The highest BCUT2D eigenvalue weighted by Gasteiger charge is 2.31. The Morgan fingerprint density at radius 3 is 2.86 bits per heavy atom. The van der Waals surface area contributed by atoms with E-state index >= 15 is 0 Å². The van der Waals surface area contributed by atoms with Gasteiger partial charge in [-0.3, -0.25) is 4.79 Å². The number of carbonyl (C=O) groups excluding carboxylic acids is 1. The van der Waals surface area contributed by atoms with Gasteiger partial charge in [0, 0.05) is 19.1 Å². The molecule has 21 heavy (non-hydrogen) atoms. The van der Waals surface area contributed by atoms with Crippen molar-refractivity contribution in [3.05, 3.63) is 35.4 Å². The molecule has 5 nitrogen and oxygen atoms in total. The molecule has 116 valence electrons. The second kappa shape index (κ2) is 6.58. The first kappa shape index (κ1) is 16.0. The van der Waals surface area contributed by atoms with E-state index in [1.807, 2.05) is 31.2 Å². The Kier molecular flexibility index (Phi) is 5.00. The van der Waals surface area contributed by atoms with Gasteiger partial charge in [-0.05, 0) is 25.3 Å². The van der Waals surface area contributed by atoms with Gasteiger partial charge in [0.15, 0.2) is 0 Å². The van der Waals surface area contributed by atoms with Crippen molar-refractivity contribution in [2.24, 2.45) is 0 Å². The molecule has 0 bridgehead atoms. The molecule has 1 N–H and O–H groups in total. The zero-order chi connectivity index (χ0) is 15.5. The van der Waals surface area contributed by atoms with Crippen molar-refractivity contribution in [2.45, 2.75) is 32.2 Å². The number of hydrogen-bond donors (Lipinski definition) is 1. The smallest absolute Gasteiger partial charge is 0.224 e. The fourth-order valence-electron chi connectivity index (χ4n) is 2.75. The van der Waals surface area contributed by atoms with Gasteiger partial charge < -0.3 is 5.32 Å². The number of nitrogens with zero attached hydrogens (tertiary/aromatic N) is 1. The van der Waals surface area contributed by atoms with E-state index in [2.05, 4.69) is 5.32 Å². The Morgan fingerprint density at radius 1 is 1.43 bits per heavy atom. The van der Waals surface area contributed by atoms with Crippen LogP contribution in [-0.2, 0) is 21.2 Å². The summed E-state index contributed by atoms with van der Waals surface area (Å²) in [4.78, 5) is 12.0. The Hall–Kier alpha value is -1.40. The molecule has 1 amide bonds. The molecule has 0 aliphatic carbocycles. The van der Waals surface area contributed by atoms with Gasteiger partial charge in [-0.2, -0.15) is 4.31 Å². The summed E-state index contributed by atoms with van der Waals surface area (Å²) in [6, 6.07) is 7.72. The normalized spacial score (nSPS) is 19.6. The number of rotatable bonds is 5. The van der Waals surface area contributed by atoms with E-state index in [4.69, 9.17) is 0 Å². The quantitative estimate of drug-likeness (QED) is 0.885. The molecule has 0 saturated carbocycles. The molecular weight excluding hydrogens is 288 g/mol. The third kappa shape index (κ3) is 4.54. The Balaban J connectivity index is 1.87. The first-order valence-corrected chi connectivity index (χ1v) is 9.00. The minimum Gasteiger partial charge on any atom is -0.354 e. The third-order valence-electron chi connectivity index (χ3n) is 3.73. The lowest BCUT2D eigenvalue weighted by Crippen LogP contribution is -2.43. The molecular formula is C15H22N2O3S. The van der Waals surface area contributed by atoms with Gasteiger partial charge in [0.1, 0.15) is 0 Å². The highest BCUT2D eigenvalue weighted by atomic mass is 32.2. The Morgan fingerprint density at radius 2 is 2.19 bits per heavy atom. The van der Waals surface area contributed by atoms with E-state index in [1.54, 1.807) is 0 Å². The van der Waals surface area contributed by atoms with E-state index in [0.717, 1.165) is 24.0 Å². The maximum absolute atomic E-state index is 12.0. The van der Waals surface area contributed by atoms with Crippen molar-refractivity contribution in [3.8, 4) is 0 Å². The van der Waals surface area contributed by atoms with Crippen LogP contribution in [0.25, 0.3) is 0 Å². The Labute approximate surface area is 126 Å². The molecule has 1 heterocycles. The molecule has 1 unspecified atom stereocenters. The molecule has 1 saturated heterocycles. The molecule has 1 atom stereocenters. The minimum absolute atomic E-state index is 0.0686. The predicted octanol–water partition coefficient (Wildman–Crippen LogP) is 1.08. The van der Waals surface area contributed by atoms with Crippen LogP contribution in [-0.4, -0.2) is 44.0 Å². The summed E-state index contributed by atoms with van der Waals surface area (Å²) in [6.07, 6.45) is 3.20. The van der Waals surface area contributed by atoms with Crippen LogP contribution in [0.2, 0.25) is 0 Å². The fourth-order valence-corrected chi connectivity index (χ4v) is 3.93. The standard InChI is InChI=1S/C15H22N2O3S/c1-12-5-3-6-13(9-12)10-15(18)16-11-14-7-4-8-17(14)21(2,19)20/h3,5-6,9,14H,4,7-8,10-11H2,1-2H3,(H,16,18). The number of amides is 1. The van der Waals surface area contributed by atoms with Gasteiger partial charge in [-0.15, -0.1) is 0 Å². The van der Waals surface area contributed by atoms with Crippen LogP contribution < -0.4 is 5.32 Å². The molecule has 1 aliphatic rings. The maximum atomic E-state index is 12.0. The predicted molar refractivity (Wildman–Crippen MR) is 82.5 cm³/mol. The number of benzene rings is 1. The van der Waals surface area contributed by atoms with Crippen LogP contribution >= 0.6 is 0 Å². The van der Waals surface area contributed by atoms with Crippen molar-refractivity contribution in [1.82, 2.24) is 9.62 Å². The van der Waals surface area contributed by atoms with Crippen LogP contribution in [0.4, 0.5) is 0 Å². The highest BCUT2D eigenvalue weighted by Crippen LogP contribution is 2.19. The van der Waals surface area contributed by atoms with E-state index in [1.165, 1.54) is 10.6 Å². The van der Waals surface area contributed by atoms with Gasteiger partial charge in [-0.1, -0.05) is 29.8 Å². The zero-order valence-corrected chi connectivity index (χ0v) is 13.3. The molecule has 1 aliphatic heterocycles. The molecule has 1 fully saturated rings. The van der Waals surface area contributed by atoms with Gasteiger partial charge in [0.2, 0.25) is 15.9 Å². The topological polar surface area (TPSA) is 66.5 Å². The summed E-state index contributed by atoms with van der Waals surface area (Å²) < 4.78 is 24.7. The molecule has 2 rings (SSSR count). The maximum Gasteiger partial charge on any atom is 0.224 e. The molecule has 1 aromatic rings. The van der Waals surface area contributed by atoms with Crippen molar-refractivity contribution < 1.29 is 13.2 Å². The van der Waals surface area contributed by atoms with Crippen molar-refractivity contribution in [3.63, 3.8) is 0 Å². The number of sulfonamides is 1. The highest BCUT2D eigenvalue weighted by molar-refractivity contribution is 7.88. The van der Waals surface area contributed by atoms with Gasteiger partial charge in [0.25, 0.3) is 0 Å². The fraction of sp³-hybridized carbons (Fsp3) is 0.533. The van der Waals surface area contributed by atoms with E-state index < -0.39 is 10.0 Å². The van der Waals surface area contributed by atoms with Crippen LogP contribution in [0.1, 0.15) is 24.0 Å². The molecule has 6 heteroatoms. The SMILES string of the molecule is Cc1cccc(CC(=O)NCC2CCCN2S(C)(=O)=O)c1. The minimum atomic E-state index is -3.18. The lowest BCUT2D eigenvalue weighted by Gasteiger charge is -2.22. The lowest BCUT2D eigenvalue weighted by atomic mass is 10.1. The molecule has 1 aromatic carbocycles. The van der Waals surface area contributed by atoms with Crippen molar-refractivity contribution in [2.75, 3.05) is 19.3 Å². The molecule has 0 spiro atoms. The second-order valence-electron chi connectivity index (χ2n) is 5.64. The van der Waals surface area contributed by atoms with Crippen LogP contribution in [0.15, 0.2) is 24.3 Å². The summed E-state index contributed by atoms with van der Waals surface area (Å²) in [5.74, 6) is -0.0686. The number of nitrogens with one attached hydrogen (secondary N) is 1. The zero-order valence-electron chi connectivity index (χ0n) is 12.5. The monoisotopic (exact) mass is 310 g/mol. The van der Waals surface area contributed by atoms with Crippen LogP contribution in [0.3, 0.4) is 0 Å². The van der Waals surface area contributed by atoms with Crippen LogP contribution in [0.5, 0.6) is 0 Å². The average Bonchev–Trinajstić information content (AvgIpc) is 2.84. The lowest BCUT2D eigenvalue weighted by molar-refractivity contribution is -0.120. The van der Waals surface area contributed by atoms with Crippen molar-refractivity contribution >= 4 is 15.9 Å². The summed E-state index contributed by atoms with van der Waals surface area (Å²) in [5, 5.41) is 2.85. The van der Waals surface area contributed by atoms with E-state index in [-0.39, 0.29) is 11.9 Å². The summed E-state index contributed by atoms with van der Waals surface area (Å²) in [6.45, 7) is 2.93. The number of carbonyl (C=O) groups is 1. The first-order valence-electron chi connectivity index (χ1n) is 7.15. The van der Waals surface area contributed by atoms with Crippen LogP contribution in [0, 0.1) is 6.92 Å². The number of hydrogen-bond acceptors (Lipinski definition) is 3. The second-order valence-corrected chi connectivity index (χ2v) is 7.57. The molecule has 0 radical (unpaired) electrons. The van der Waals surface area contributed by atoms with Gasteiger partial charge >= 0.3 is 0 Å². The average molecular weight is 310 g/mol. The van der Waals surface area contributed by atoms with E-state index in [9.17, 15) is 13.2 Å². The Bertz CT molecular complexity index is 613. The largest absolute Gasteiger partial charge is 0.354 e. The number of aryl methyl sites for hydroxylation is 1. The third-order valence-corrected chi connectivity index (χ3v) is 5.06.